The molecule has 0 aliphatic carbocycles. The van der Waals surface area contributed by atoms with Crippen LogP contribution in [0.15, 0.2) is 91.0 Å². The molecule has 0 amide bonds. The van der Waals surface area contributed by atoms with Crippen molar-refractivity contribution in [1.29, 1.82) is 0 Å². The Morgan fingerprint density at radius 3 is 1.65 bits per heavy atom. The summed E-state index contributed by atoms with van der Waals surface area (Å²) in [6.07, 6.45) is -3.46. The molecular formula is C35H46O7Si. The molecule has 1 unspecified atom stereocenters. The van der Waals surface area contributed by atoms with Crippen LogP contribution in [0.5, 0.6) is 0 Å². The minimum Gasteiger partial charge on any atom is -0.433 e. The van der Waals surface area contributed by atoms with Crippen LogP contribution in [0, 0.1) is 0 Å². The van der Waals surface area contributed by atoms with Crippen LogP contribution >= 0.6 is 0 Å². The second kappa shape index (κ2) is 15.2. The molecule has 0 radical (unpaired) electrons. The molecule has 0 aromatic heterocycles. The molecule has 7 nitrogen and oxygen atoms in total. The standard InChI is InChI=1S/C35H46O7Si/c1-26(36)40-34-33(39-24-29-20-14-9-15-21-29)32(38-23-28-18-12-8-13-19-28)31(42-43(5,6)35(2,3)4)30(41-34)25-37-22-27-16-10-7-11-17-27/h7-21,30-34H,22-25H2,1-6H3/t30-,31-,32+,33-,34?/m1/s1. The van der Waals surface area contributed by atoms with Gasteiger partial charge in [0.25, 0.3) is 0 Å². The Balaban J connectivity index is 1.67. The predicted molar refractivity (Wildman–Crippen MR) is 169 cm³/mol. The molecule has 0 N–H and O–H groups in total. The van der Waals surface area contributed by atoms with Gasteiger partial charge < -0.3 is 28.1 Å². The molecule has 1 fully saturated rings. The molecule has 1 aliphatic heterocycles. The molecule has 0 bridgehead atoms. The van der Waals surface area contributed by atoms with Crippen molar-refractivity contribution in [3.63, 3.8) is 0 Å². The lowest BCUT2D eigenvalue weighted by atomic mass is 9.98. The normalized spacial score (nSPS) is 22.7. The maximum atomic E-state index is 12.3. The quantitative estimate of drug-likeness (QED) is 0.152. The van der Waals surface area contributed by atoms with Crippen LogP contribution in [0.4, 0.5) is 0 Å². The van der Waals surface area contributed by atoms with Gasteiger partial charge in [-0.1, -0.05) is 112 Å². The molecular weight excluding hydrogens is 560 g/mol. The molecule has 232 valence electrons. The maximum absolute atomic E-state index is 12.3. The van der Waals surface area contributed by atoms with Gasteiger partial charge in [-0.05, 0) is 34.8 Å². The number of carbonyl (C=O) groups is 1. The van der Waals surface area contributed by atoms with Gasteiger partial charge in [-0.3, -0.25) is 4.79 Å². The third-order valence-corrected chi connectivity index (χ3v) is 12.5. The van der Waals surface area contributed by atoms with E-state index in [0.29, 0.717) is 19.8 Å². The van der Waals surface area contributed by atoms with E-state index in [2.05, 4.69) is 33.9 Å². The molecule has 3 aromatic rings. The van der Waals surface area contributed by atoms with E-state index >= 15 is 0 Å². The van der Waals surface area contributed by atoms with E-state index in [4.69, 9.17) is 28.1 Å². The van der Waals surface area contributed by atoms with Gasteiger partial charge in [0.1, 0.15) is 24.4 Å². The molecule has 1 aliphatic rings. The highest BCUT2D eigenvalue weighted by atomic mass is 28.4. The summed E-state index contributed by atoms with van der Waals surface area (Å²) >= 11 is 0. The number of ether oxygens (including phenoxy) is 5. The summed E-state index contributed by atoms with van der Waals surface area (Å²) in [5.74, 6) is -0.465. The molecule has 5 atom stereocenters. The number of rotatable bonds is 13. The average molecular weight is 607 g/mol. The SMILES string of the molecule is CC(=O)OC1O[C@H](COCc2ccccc2)[C@@H](O[Si](C)(C)C(C)(C)C)[C@H](OCc2ccccc2)[C@H]1OCc1ccccc1. The lowest BCUT2D eigenvalue weighted by Crippen LogP contribution is -2.64. The van der Waals surface area contributed by atoms with E-state index in [1.807, 2.05) is 91.0 Å². The van der Waals surface area contributed by atoms with Crippen molar-refractivity contribution >= 4 is 14.3 Å². The topological polar surface area (TPSA) is 72.5 Å². The highest BCUT2D eigenvalue weighted by molar-refractivity contribution is 6.74. The second-order valence-electron chi connectivity index (χ2n) is 12.5. The van der Waals surface area contributed by atoms with Gasteiger partial charge in [0.05, 0.1) is 26.4 Å². The van der Waals surface area contributed by atoms with E-state index in [-0.39, 0.29) is 11.6 Å². The Kier molecular flexibility index (Phi) is 11.7. The predicted octanol–water partition coefficient (Wildman–Crippen LogP) is 7.05. The first-order valence-electron chi connectivity index (χ1n) is 15.0. The molecule has 1 saturated heterocycles. The van der Waals surface area contributed by atoms with Crippen LogP contribution in [0.2, 0.25) is 18.1 Å². The van der Waals surface area contributed by atoms with Crippen LogP contribution in [0.25, 0.3) is 0 Å². The van der Waals surface area contributed by atoms with Crippen LogP contribution < -0.4 is 0 Å². The summed E-state index contributed by atoms with van der Waals surface area (Å²) in [6.45, 7) is 13.7. The summed E-state index contributed by atoms with van der Waals surface area (Å²) in [5, 5.41) is -0.0699. The molecule has 3 aromatic carbocycles. The fourth-order valence-corrected chi connectivity index (χ4v) is 6.02. The van der Waals surface area contributed by atoms with Crippen molar-refractivity contribution in [2.45, 2.75) is 96.4 Å². The van der Waals surface area contributed by atoms with Crippen LogP contribution in [0.3, 0.4) is 0 Å². The van der Waals surface area contributed by atoms with Crippen LogP contribution in [0.1, 0.15) is 44.4 Å². The Hall–Kier alpha value is -2.85. The van der Waals surface area contributed by atoms with Gasteiger partial charge in [0.15, 0.2) is 8.32 Å². The van der Waals surface area contributed by atoms with Gasteiger partial charge >= 0.3 is 5.97 Å². The van der Waals surface area contributed by atoms with E-state index in [0.717, 1.165) is 16.7 Å². The van der Waals surface area contributed by atoms with Crippen molar-refractivity contribution in [3.05, 3.63) is 108 Å². The average Bonchev–Trinajstić information content (AvgIpc) is 2.97. The van der Waals surface area contributed by atoms with E-state index in [1.54, 1.807) is 0 Å². The number of benzene rings is 3. The third kappa shape index (κ3) is 9.57. The molecule has 0 saturated carbocycles. The lowest BCUT2D eigenvalue weighted by Gasteiger charge is -2.49. The fourth-order valence-electron chi connectivity index (χ4n) is 4.70. The highest BCUT2D eigenvalue weighted by Crippen LogP contribution is 2.41. The van der Waals surface area contributed by atoms with Crippen molar-refractivity contribution in [1.82, 2.24) is 0 Å². The van der Waals surface area contributed by atoms with E-state index in [1.165, 1.54) is 6.92 Å². The van der Waals surface area contributed by atoms with Crippen LogP contribution in [-0.4, -0.2) is 51.6 Å². The number of esters is 1. The Morgan fingerprint density at radius 2 is 1.19 bits per heavy atom. The zero-order chi connectivity index (χ0) is 30.9. The molecule has 43 heavy (non-hydrogen) atoms. The summed E-state index contributed by atoms with van der Waals surface area (Å²) in [4.78, 5) is 12.3. The van der Waals surface area contributed by atoms with Crippen molar-refractivity contribution in [3.8, 4) is 0 Å². The minimum absolute atomic E-state index is 0.0699. The van der Waals surface area contributed by atoms with Gasteiger partial charge in [-0.15, -0.1) is 0 Å². The van der Waals surface area contributed by atoms with Crippen molar-refractivity contribution < 1.29 is 32.9 Å². The van der Waals surface area contributed by atoms with Crippen molar-refractivity contribution in [2.75, 3.05) is 6.61 Å². The van der Waals surface area contributed by atoms with Crippen molar-refractivity contribution in [2.24, 2.45) is 0 Å². The first-order valence-corrected chi connectivity index (χ1v) is 17.9. The van der Waals surface area contributed by atoms with Crippen LogP contribution in [-0.2, 0) is 52.7 Å². The van der Waals surface area contributed by atoms with Gasteiger partial charge in [0, 0.05) is 6.92 Å². The smallest absolute Gasteiger partial charge is 0.305 e. The zero-order valence-electron chi connectivity index (χ0n) is 26.2. The Bertz CT molecular complexity index is 1250. The summed E-state index contributed by atoms with van der Waals surface area (Å²) in [5.41, 5.74) is 3.06. The van der Waals surface area contributed by atoms with Gasteiger partial charge in [-0.25, -0.2) is 0 Å². The van der Waals surface area contributed by atoms with Gasteiger partial charge in [0.2, 0.25) is 6.29 Å². The fraction of sp³-hybridized carbons (Fsp3) is 0.457. The molecule has 8 heteroatoms. The Labute approximate surface area is 257 Å². The summed E-state index contributed by atoms with van der Waals surface area (Å²) in [6, 6.07) is 29.9. The first kappa shape index (κ1) is 33.0. The molecule has 4 rings (SSSR count). The highest BCUT2D eigenvalue weighted by Gasteiger charge is 2.53. The minimum atomic E-state index is -2.34. The van der Waals surface area contributed by atoms with E-state index < -0.39 is 45.0 Å². The van der Waals surface area contributed by atoms with E-state index in [9.17, 15) is 4.79 Å². The summed E-state index contributed by atoms with van der Waals surface area (Å²) in [7, 11) is -2.34. The maximum Gasteiger partial charge on any atom is 0.305 e. The largest absolute Gasteiger partial charge is 0.433 e. The van der Waals surface area contributed by atoms with Gasteiger partial charge in [-0.2, -0.15) is 0 Å². The molecule has 1 heterocycles. The number of hydrogen-bond donors (Lipinski definition) is 0. The first-order chi connectivity index (χ1) is 20.5. The molecule has 0 spiro atoms. The number of carbonyl (C=O) groups excluding carboxylic acids is 1. The third-order valence-electron chi connectivity index (χ3n) is 8.07. The second-order valence-corrected chi connectivity index (χ2v) is 17.3. The number of hydrogen-bond acceptors (Lipinski definition) is 7. The zero-order valence-corrected chi connectivity index (χ0v) is 27.2. The lowest BCUT2D eigenvalue weighted by molar-refractivity contribution is -0.310. The Morgan fingerprint density at radius 1 is 0.721 bits per heavy atom. The monoisotopic (exact) mass is 606 g/mol. The summed E-state index contributed by atoms with van der Waals surface area (Å²) < 4.78 is 38.7.